The van der Waals surface area contributed by atoms with Gasteiger partial charge >= 0.3 is 5.97 Å². The van der Waals surface area contributed by atoms with Gasteiger partial charge in [0.15, 0.2) is 0 Å². The van der Waals surface area contributed by atoms with Crippen LogP contribution in [0, 0.1) is 12.8 Å². The van der Waals surface area contributed by atoms with Crippen LogP contribution in [0.15, 0.2) is 29.2 Å². The van der Waals surface area contributed by atoms with E-state index in [0.717, 1.165) is 11.1 Å². The van der Waals surface area contributed by atoms with Crippen LogP contribution >= 0.6 is 24.0 Å². The first-order valence-corrected chi connectivity index (χ1v) is 9.75. The van der Waals surface area contributed by atoms with Crippen molar-refractivity contribution in [2.45, 2.75) is 33.2 Å². The molecule has 1 aliphatic rings. The lowest BCUT2D eigenvalue weighted by molar-refractivity contribution is -0.143. The van der Waals surface area contributed by atoms with E-state index in [1.807, 2.05) is 31.2 Å². The van der Waals surface area contributed by atoms with Crippen LogP contribution in [0.5, 0.6) is 0 Å². The summed E-state index contributed by atoms with van der Waals surface area (Å²) in [5.41, 5.74) is 2.03. The number of amides is 2. The molecule has 1 fully saturated rings. The molecule has 0 bridgehead atoms. The molecule has 0 radical (unpaired) electrons. The van der Waals surface area contributed by atoms with Crippen LogP contribution in [-0.2, 0) is 14.4 Å². The fraction of sp³-hybridized carbons (Fsp3) is 0.368. The Morgan fingerprint density at radius 3 is 2.48 bits per heavy atom. The molecule has 0 aromatic heterocycles. The van der Waals surface area contributed by atoms with Gasteiger partial charge in [0.2, 0.25) is 5.91 Å². The average Bonchev–Trinajstić information content (AvgIpc) is 2.86. The molecule has 0 spiro atoms. The summed E-state index contributed by atoms with van der Waals surface area (Å²) in [5.74, 6) is -1.98. The SMILES string of the molecule is Cc1ccc(/C=C2/SC(=S)N(CCC(=O)NC(C(=O)O)C(C)C)C2=O)cc1. The minimum atomic E-state index is -1.08. The smallest absolute Gasteiger partial charge is 0.326 e. The van der Waals surface area contributed by atoms with Crippen LogP contribution < -0.4 is 5.32 Å². The van der Waals surface area contributed by atoms with Crippen molar-refractivity contribution in [3.05, 3.63) is 40.3 Å². The Hall–Kier alpha value is -2.19. The minimum Gasteiger partial charge on any atom is -0.480 e. The number of rotatable bonds is 7. The van der Waals surface area contributed by atoms with E-state index in [-0.39, 0.29) is 24.8 Å². The van der Waals surface area contributed by atoms with Crippen molar-refractivity contribution in [3.63, 3.8) is 0 Å². The van der Waals surface area contributed by atoms with E-state index in [1.54, 1.807) is 19.9 Å². The molecule has 1 aromatic carbocycles. The van der Waals surface area contributed by atoms with Gasteiger partial charge in [-0.25, -0.2) is 4.79 Å². The number of aryl methyl sites for hydroxylation is 1. The monoisotopic (exact) mass is 406 g/mol. The molecule has 1 atom stereocenters. The van der Waals surface area contributed by atoms with Crippen LogP contribution in [0.2, 0.25) is 0 Å². The van der Waals surface area contributed by atoms with Gasteiger partial charge in [-0.3, -0.25) is 14.5 Å². The zero-order valence-electron chi connectivity index (χ0n) is 15.4. The van der Waals surface area contributed by atoms with Crippen molar-refractivity contribution in [3.8, 4) is 0 Å². The standard InChI is InChI=1S/C19H22N2O4S2/c1-11(2)16(18(24)25)20-15(22)8-9-21-17(23)14(27-19(21)26)10-13-6-4-12(3)5-7-13/h4-7,10-11,16H,8-9H2,1-3H3,(H,20,22)(H,24,25)/b14-10+. The molecule has 8 heteroatoms. The quantitative estimate of drug-likeness (QED) is 0.535. The van der Waals surface area contributed by atoms with Gasteiger partial charge in [-0.05, 0) is 24.5 Å². The molecule has 1 aliphatic heterocycles. The first-order chi connectivity index (χ1) is 12.7. The summed E-state index contributed by atoms with van der Waals surface area (Å²) >= 11 is 6.46. The zero-order chi connectivity index (χ0) is 20.1. The lowest BCUT2D eigenvalue weighted by Crippen LogP contribution is -2.45. The third-order valence-corrected chi connectivity index (χ3v) is 5.44. The van der Waals surface area contributed by atoms with Crippen molar-refractivity contribution in [2.24, 2.45) is 5.92 Å². The summed E-state index contributed by atoms with van der Waals surface area (Å²) in [6.07, 6.45) is 1.76. The maximum atomic E-state index is 12.6. The van der Waals surface area contributed by atoms with Crippen LogP contribution in [0.25, 0.3) is 6.08 Å². The highest BCUT2D eigenvalue weighted by atomic mass is 32.2. The molecule has 1 heterocycles. The van der Waals surface area contributed by atoms with Gasteiger partial charge in [0.25, 0.3) is 5.91 Å². The lowest BCUT2D eigenvalue weighted by Gasteiger charge is -2.19. The number of thiocarbonyl (C=S) groups is 1. The Bertz CT molecular complexity index is 787. The lowest BCUT2D eigenvalue weighted by atomic mass is 10.0. The average molecular weight is 407 g/mol. The number of carbonyl (C=O) groups excluding carboxylic acids is 2. The predicted octanol–water partition coefficient (Wildman–Crippen LogP) is 2.81. The van der Waals surface area contributed by atoms with Crippen LogP contribution in [0.3, 0.4) is 0 Å². The van der Waals surface area contributed by atoms with Crippen LogP contribution in [-0.4, -0.2) is 44.7 Å². The van der Waals surface area contributed by atoms with Gasteiger partial charge in [0, 0.05) is 13.0 Å². The first kappa shape index (κ1) is 21.1. The van der Waals surface area contributed by atoms with Gasteiger partial charge in [0.1, 0.15) is 10.4 Å². The number of carboxylic acids is 1. The van der Waals surface area contributed by atoms with E-state index in [2.05, 4.69) is 5.32 Å². The number of nitrogens with zero attached hydrogens (tertiary/aromatic N) is 1. The molecule has 2 N–H and O–H groups in total. The highest BCUT2D eigenvalue weighted by Gasteiger charge is 2.32. The number of hydrogen-bond acceptors (Lipinski definition) is 5. The Kier molecular flexibility index (Phi) is 7.15. The molecule has 27 heavy (non-hydrogen) atoms. The minimum absolute atomic E-state index is 0.0131. The zero-order valence-corrected chi connectivity index (χ0v) is 17.0. The van der Waals surface area contributed by atoms with Gasteiger partial charge < -0.3 is 10.4 Å². The van der Waals surface area contributed by atoms with Crippen molar-refractivity contribution in [1.82, 2.24) is 10.2 Å². The topological polar surface area (TPSA) is 86.7 Å². The van der Waals surface area contributed by atoms with Crippen LogP contribution in [0.1, 0.15) is 31.4 Å². The summed E-state index contributed by atoms with van der Waals surface area (Å²) < 4.78 is 0.393. The predicted molar refractivity (Wildman–Crippen MR) is 110 cm³/mol. The molecule has 2 rings (SSSR count). The Balaban J connectivity index is 1.98. The number of nitrogens with one attached hydrogen (secondary N) is 1. The maximum Gasteiger partial charge on any atom is 0.326 e. The number of benzene rings is 1. The molecule has 2 amide bonds. The fourth-order valence-electron chi connectivity index (χ4n) is 2.48. The van der Waals surface area contributed by atoms with Gasteiger partial charge in [-0.2, -0.15) is 0 Å². The van der Waals surface area contributed by atoms with Crippen molar-refractivity contribution >= 4 is 52.2 Å². The van der Waals surface area contributed by atoms with E-state index >= 15 is 0 Å². The van der Waals surface area contributed by atoms with E-state index < -0.39 is 17.9 Å². The second kappa shape index (κ2) is 9.14. The normalized spacial score (nSPS) is 16.9. The Labute approximate surface area is 168 Å². The van der Waals surface area contributed by atoms with Crippen LogP contribution in [0.4, 0.5) is 0 Å². The molecule has 1 saturated heterocycles. The summed E-state index contributed by atoms with van der Waals surface area (Å²) in [6.45, 7) is 5.54. The molecule has 144 valence electrons. The second-order valence-corrected chi connectivity index (χ2v) is 8.30. The van der Waals surface area contributed by atoms with Gasteiger partial charge in [-0.15, -0.1) is 0 Å². The summed E-state index contributed by atoms with van der Waals surface area (Å²) in [4.78, 5) is 37.7. The molecular formula is C19H22N2O4S2. The highest BCUT2D eigenvalue weighted by Crippen LogP contribution is 2.32. The highest BCUT2D eigenvalue weighted by molar-refractivity contribution is 8.26. The van der Waals surface area contributed by atoms with Gasteiger partial charge in [0.05, 0.1) is 4.91 Å². The molecular weight excluding hydrogens is 384 g/mol. The van der Waals surface area contributed by atoms with E-state index in [1.165, 1.54) is 16.7 Å². The summed E-state index contributed by atoms with van der Waals surface area (Å²) in [5, 5.41) is 11.6. The van der Waals surface area contributed by atoms with Crippen molar-refractivity contribution in [2.75, 3.05) is 6.54 Å². The van der Waals surface area contributed by atoms with E-state index in [0.29, 0.717) is 9.23 Å². The number of carboxylic acid groups (broad SMARTS) is 1. The summed E-state index contributed by atoms with van der Waals surface area (Å²) in [7, 11) is 0. The van der Waals surface area contributed by atoms with Crippen molar-refractivity contribution in [1.29, 1.82) is 0 Å². The number of hydrogen-bond donors (Lipinski definition) is 2. The molecule has 6 nitrogen and oxygen atoms in total. The molecule has 0 saturated carbocycles. The maximum absolute atomic E-state index is 12.6. The summed E-state index contributed by atoms with van der Waals surface area (Å²) in [6, 6.07) is 6.82. The van der Waals surface area contributed by atoms with E-state index in [4.69, 9.17) is 17.3 Å². The largest absolute Gasteiger partial charge is 0.480 e. The number of carbonyl (C=O) groups is 3. The molecule has 1 aromatic rings. The third kappa shape index (κ3) is 5.64. The number of aliphatic carboxylic acids is 1. The van der Waals surface area contributed by atoms with Crippen molar-refractivity contribution < 1.29 is 19.5 Å². The third-order valence-electron chi connectivity index (χ3n) is 4.06. The number of thioether (sulfide) groups is 1. The van der Waals surface area contributed by atoms with Gasteiger partial charge in [-0.1, -0.05) is 67.7 Å². The molecule has 0 aliphatic carbocycles. The van der Waals surface area contributed by atoms with E-state index in [9.17, 15) is 14.4 Å². The molecule has 1 unspecified atom stereocenters. The first-order valence-electron chi connectivity index (χ1n) is 8.53. The Morgan fingerprint density at radius 1 is 1.30 bits per heavy atom. The Morgan fingerprint density at radius 2 is 1.93 bits per heavy atom. The second-order valence-electron chi connectivity index (χ2n) is 6.62. The fourth-order valence-corrected chi connectivity index (χ4v) is 3.79.